The molecule has 0 aliphatic carbocycles. The summed E-state index contributed by atoms with van der Waals surface area (Å²) in [5.74, 6) is 0.967. The van der Waals surface area contributed by atoms with Gasteiger partial charge in [-0.3, -0.25) is 10.1 Å². The van der Waals surface area contributed by atoms with E-state index < -0.39 is 5.91 Å². The molecule has 0 bridgehead atoms. The van der Waals surface area contributed by atoms with Gasteiger partial charge in [-0.2, -0.15) is 0 Å². The van der Waals surface area contributed by atoms with Gasteiger partial charge in [-0.1, -0.05) is 23.7 Å². The van der Waals surface area contributed by atoms with Crippen LogP contribution in [-0.2, 0) is 0 Å². The van der Waals surface area contributed by atoms with Crippen molar-refractivity contribution in [3.05, 3.63) is 71.2 Å². The summed E-state index contributed by atoms with van der Waals surface area (Å²) in [6.45, 7) is 0. The van der Waals surface area contributed by atoms with Crippen LogP contribution in [0.15, 0.2) is 65.1 Å². The second kappa shape index (κ2) is 9.25. The summed E-state index contributed by atoms with van der Waals surface area (Å²) >= 11 is 11.7. The van der Waals surface area contributed by atoms with Crippen molar-refractivity contribution < 1.29 is 18.7 Å². The van der Waals surface area contributed by atoms with Gasteiger partial charge in [0, 0.05) is 17.3 Å². The molecule has 2 N–H and O–H groups in total. The summed E-state index contributed by atoms with van der Waals surface area (Å²) in [5.41, 5.74) is 2.94. The summed E-state index contributed by atoms with van der Waals surface area (Å²) in [7, 11) is 3.02. The number of hydrogen-bond donors (Lipinski definition) is 2. The normalized spacial score (nSPS) is 10.6. The molecular weight excluding hydrogens is 450 g/mol. The van der Waals surface area contributed by atoms with Gasteiger partial charge in [-0.25, -0.2) is 4.98 Å². The van der Waals surface area contributed by atoms with Crippen LogP contribution in [0.3, 0.4) is 0 Å². The molecule has 32 heavy (non-hydrogen) atoms. The highest BCUT2D eigenvalue weighted by Gasteiger charge is 2.15. The summed E-state index contributed by atoms with van der Waals surface area (Å²) in [4.78, 5) is 17.1. The van der Waals surface area contributed by atoms with Gasteiger partial charge in [0.05, 0.1) is 24.8 Å². The molecule has 7 nitrogen and oxygen atoms in total. The summed E-state index contributed by atoms with van der Waals surface area (Å²) in [6, 6.07) is 17.5. The van der Waals surface area contributed by atoms with Crippen molar-refractivity contribution in [3.63, 3.8) is 0 Å². The molecule has 0 aliphatic heterocycles. The molecule has 4 rings (SSSR count). The maximum atomic E-state index is 12.6. The van der Waals surface area contributed by atoms with Gasteiger partial charge in [-0.05, 0) is 54.7 Å². The Morgan fingerprint density at radius 1 is 1.03 bits per heavy atom. The number of anilines is 1. The number of nitrogens with one attached hydrogen (secondary N) is 2. The molecule has 9 heteroatoms. The Kier molecular flexibility index (Phi) is 6.25. The third-order valence-corrected chi connectivity index (χ3v) is 5.12. The summed E-state index contributed by atoms with van der Waals surface area (Å²) < 4.78 is 16.2. The number of aromatic nitrogens is 1. The Bertz CT molecular complexity index is 1270. The number of benzene rings is 3. The third kappa shape index (κ3) is 4.66. The number of halogens is 1. The summed E-state index contributed by atoms with van der Waals surface area (Å²) in [6.07, 6.45) is 0. The van der Waals surface area contributed by atoms with Gasteiger partial charge < -0.3 is 19.2 Å². The number of hydrogen-bond acceptors (Lipinski definition) is 6. The first-order valence-electron chi connectivity index (χ1n) is 9.47. The SMILES string of the molecule is COc1cc(OC)cc(C(=O)NC(=S)Nc2ccc(Cl)c(-c3nc4ccccc4o3)c2)c1. The number of para-hydroxylation sites is 2. The lowest BCUT2D eigenvalue weighted by Gasteiger charge is -2.12. The van der Waals surface area contributed by atoms with E-state index >= 15 is 0 Å². The predicted molar refractivity (Wildman–Crippen MR) is 128 cm³/mol. The average molecular weight is 468 g/mol. The smallest absolute Gasteiger partial charge is 0.257 e. The van der Waals surface area contributed by atoms with E-state index in [1.807, 2.05) is 24.3 Å². The zero-order valence-corrected chi connectivity index (χ0v) is 18.7. The minimum atomic E-state index is -0.409. The molecule has 0 spiro atoms. The highest BCUT2D eigenvalue weighted by Crippen LogP contribution is 2.32. The minimum Gasteiger partial charge on any atom is -0.497 e. The van der Waals surface area contributed by atoms with Crippen LogP contribution in [0, 0.1) is 0 Å². The molecule has 1 amide bonds. The topological polar surface area (TPSA) is 85.6 Å². The number of rotatable bonds is 5. The first-order chi connectivity index (χ1) is 15.5. The molecule has 0 saturated carbocycles. The molecule has 3 aromatic carbocycles. The lowest BCUT2D eigenvalue weighted by atomic mass is 10.2. The van der Waals surface area contributed by atoms with Gasteiger partial charge in [0.2, 0.25) is 5.89 Å². The fraction of sp³-hybridized carbons (Fsp3) is 0.0870. The van der Waals surface area contributed by atoms with Crippen LogP contribution < -0.4 is 20.1 Å². The van der Waals surface area contributed by atoms with Crippen LogP contribution in [-0.4, -0.2) is 30.2 Å². The number of fused-ring (bicyclic) bond motifs is 1. The highest BCUT2D eigenvalue weighted by atomic mass is 35.5. The Balaban J connectivity index is 1.51. The van der Waals surface area contributed by atoms with Crippen LogP contribution in [0.1, 0.15) is 10.4 Å². The molecule has 1 heterocycles. The van der Waals surface area contributed by atoms with Crippen LogP contribution >= 0.6 is 23.8 Å². The van der Waals surface area contributed by atoms with Crippen molar-refractivity contribution in [2.45, 2.75) is 0 Å². The van der Waals surface area contributed by atoms with Gasteiger partial charge in [0.1, 0.15) is 17.0 Å². The third-order valence-electron chi connectivity index (χ3n) is 4.59. The van der Waals surface area contributed by atoms with Gasteiger partial charge >= 0.3 is 0 Å². The number of ether oxygens (including phenoxy) is 2. The van der Waals surface area contributed by atoms with Crippen molar-refractivity contribution in [1.29, 1.82) is 0 Å². The van der Waals surface area contributed by atoms with Crippen LogP contribution in [0.5, 0.6) is 11.5 Å². The number of carbonyl (C=O) groups excluding carboxylic acids is 1. The Hall–Kier alpha value is -3.62. The fourth-order valence-corrected chi connectivity index (χ4v) is 3.44. The van der Waals surface area contributed by atoms with Crippen LogP contribution in [0.25, 0.3) is 22.6 Å². The Morgan fingerprint density at radius 3 is 2.44 bits per heavy atom. The molecular formula is C23H18ClN3O4S. The zero-order chi connectivity index (χ0) is 22.7. The molecule has 0 fully saturated rings. The van der Waals surface area contributed by atoms with Gasteiger partial charge in [0.25, 0.3) is 5.91 Å². The predicted octanol–water partition coefficient (Wildman–Crippen LogP) is 5.29. The average Bonchev–Trinajstić information content (AvgIpc) is 3.23. The van der Waals surface area contributed by atoms with Crippen molar-refractivity contribution in [2.75, 3.05) is 19.5 Å². The minimum absolute atomic E-state index is 0.114. The summed E-state index contributed by atoms with van der Waals surface area (Å²) in [5, 5.41) is 6.21. The van der Waals surface area contributed by atoms with E-state index in [1.165, 1.54) is 14.2 Å². The van der Waals surface area contributed by atoms with E-state index in [0.717, 1.165) is 5.52 Å². The van der Waals surface area contributed by atoms with Crippen LogP contribution in [0.2, 0.25) is 5.02 Å². The number of methoxy groups -OCH3 is 2. The zero-order valence-electron chi connectivity index (χ0n) is 17.1. The molecule has 0 aliphatic rings. The van der Waals surface area contributed by atoms with Crippen molar-refractivity contribution in [2.24, 2.45) is 0 Å². The van der Waals surface area contributed by atoms with E-state index in [0.29, 0.717) is 44.8 Å². The standard InChI is InChI=1S/C23H18ClN3O4S/c1-29-15-9-13(10-16(12-15)30-2)21(28)27-23(32)25-14-7-8-18(24)17(11-14)22-26-19-5-3-4-6-20(19)31-22/h3-12H,1-2H3,(H2,25,27,28,32). The number of nitrogens with zero attached hydrogens (tertiary/aromatic N) is 1. The number of oxazole rings is 1. The molecule has 4 aromatic rings. The maximum absolute atomic E-state index is 12.6. The molecule has 1 aromatic heterocycles. The van der Waals surface area contributed by atoms with Crippen LogP contribution in [0.4, 0.5) is 5.69 Å². The lowest BCUT2D eigenvalue weighted by Crippen LogP contribution is -2.34. The molecule has 0 radical (unpaired) electrons. The van der Waals surface area contributed by atoms with E-state index in [4.69, 9.17) is 37.7 Å². The van der Waals surface area contributed by atoms with Crippen molar-refractivity contribution >= 4 is 51.6 Å². The Labute approximate surface area is 194 Å². The highest BCUT2D eigenvalue weighted by molar-refractivity contribution is 7.80. The quantitative estimate of drug-likeness (QED) is 0.385. The van der Waals surface area contributed by atoms with Gasteiger partial charge in [-0.15, -0.1) is 0 Å². The number of amides is 1. The van der Waals surface area contributed by atoms with E-state index in [2.05, 4.69) is 15.6 Å². The first-order valence-corrected chi connectivity index (χ1v) is 10.3. The van der Waals surface area contributed by atoms with Gasteiger partial charge in [0.15, 0.2) is 10.7 Å². The molecule has 0 saturated heterocycles. The second-order valence-electron chi connectivity index (χ2n) is 6.69. The monoisotopic (exact) mass is 467 g/mol. The molecule has 162 valence electrons. The van der Waals surface area contributed by atoms with Crippen molar-refractivity contribution in [3.8, 4) is 23.0 Å². The Morgan fingerprint density at radius 2 is 1.75 bits per heavy atom. The fourth-order valence-electron chi connectivity index (χ4n) is 3.03. The van der Waals surface area contributed by atoms with Crippen molar-refractivity contribution in [1.82, 2.24) is 10.3 Å². The second-order valence-corrected chi connectivity index (χ2v) is 7.51. The first kappa shape index (κ1) is 21.6. The van der Waals surface area contributed by atoms with E-state index in [9.17, 15) is 4.79 Å². The molecule has 0 atom stereocenters. The number of carbonyl (C=O) groups is 1. The number of thiocarbonyl (C=S) groups is 1. The maximum Gasteiger partial charge on any atom is 0.257 e. The van der Waals surface area contributed by atoms with E-state index in [1.54, 1.807) is 36.4 Å². The van der Waals surface area contributed by atoms with E-state index in [-0.39, 0.29) is 5.11 Å². The molecule has 0 unspecified atom stereocenters. The lowest BCUT2D eigenvalue weighted by molar-refractivity contribution is 0.0977. The largest absolute Gasteiger partial charge is 0.497 e.